The van der Waals surface area contributed by atoms with Crippen molar-refractivity contribution in [2.45, 2.75) is 56.9 Å². The minimum Gasteiger partial charge on any atom is -0.339 e. The highest BCUT2D eigenvalue weighted by molar-refractivity contribution is 5.11. The van der Waals surface area contributed by atoms with E-state index >= 15 is 0 Å². The number of aromatic nitrogens is 2. The van der Waals surface area contributed by atoms with Crippen LogP contribution >= 0.6 is 0 Å². The van der Waals surface area contributed by atoms with Gasteiger partial charge in [0.2, 0.25) is 5.89 Å². The first kappa shape index (κ1) is 10.3. The normalized spacial score (nSPS) is 32.6. The van der Waals surface area contributed by atoms with Crippen molar-refractivity contribution < 1.29 is 4.52 Å². The van der Waals surface area contributed by atoms with Crippen molar-refractivity contribution in [2.24, 2.45) is 11.7 Å². The summed E-state index contributed by atoms with van der Waals surface area (Å²) in [5.41, 5.74) is 6.04. The quantitative estimate of drug-likeness (QED) is 0.832. The van der Waals surface area contributed by atoms with Crippen LogP contribution < -0.4 is 5.73 Å². The van der Waals surface area contributed by atoms with Gasteiger partial charge in [0, 0.05) is 5.92 Å². The van der Waals surface area contributed by atoms with Crippen LogP contribution in [0.5, 0.6) is 0 Å². The molecule has 0 amide bonds. The summed E-state index contributed by atoms with van der Waals surface area (Å²) in [6.07, 6.45) is 6.81. The highest BCUT2D eigenvalue weighted by Gasteiger charge is 2.41. The van der Waals surface area contributed by atoms with Crippen molar-refractivity contribution in [2.75, 3.05) is 0 Å². The number of nitrogens with zero attached hydrogens (tertiary/aromatic N) is 2. The van der Waals surface area contributed by atoms with Gasteiger partial charge in [-0.05, 0) is 25.2 Å². The third-order valence-electron chi connectivity index (χ3n) is 4.06. The lowest BCUT2D eigenvalue weighted by Crippen LogP contribution is -2.39. The average molecular weight is 221 g/mol. The zero-order chi connectivity index (χ0) is 11.2. The van der Waals surface area contributed by atoms with Crippen LogP contribution in [0.25, 0.3) is 0 Å². The van der Waals surface area contributed by atoms with E-state index in [-0.39, 0.29) is 5.54 Å². The fourth-order valence-electron chi connectivity index (χ4n) is 2.66. The Bertz CT molecular complexity index is 381. The molecule has 2 saturated carbocycles. The Morgan fingerprint density at radius 2 is 2.00 bits per heavy atom. The molecule has 1 aromatic rings. The molecule has 2 atom stereocenters. The Kier molecular flexibility index (Phi) is 2.28. The zero-order valence-corrected chi connectivity index (χ0v) is 9.78. The van der Waals surface area contributed by atoms with E-state index in [4.69, 9.17) is 10.3 Å². The molecule has 2 N–H and O–H groups in total. The smallest absolute Gasteiger partial charge is 0.230 e. The molecular formula is C12H19N3O. The molecular weight excluding hydrogens is 202 g/mol. The summed E-state index contributed by atoms with van der Waals surface area (Å²) in [6, 6.07) is 0. The Morgan fingerprint density at radius 1 is 1.31 bits per heavy atom. The Hall–Kier alpha value is -0.900. The summed E-state index contributed by atoms with van der Waals surface area (Å²) >= 11 is 0. The van der Waals surface area contributed by atoms with Gasteiger partial charge < -0.3 is 10.3 Å². The second kappa shape index (κ2) is 3.55. The number of hydrogen-bond acceptors (Lipinski definition) is 4. The first-order valence-corrected chi connectivity index (χ1v) is 6.32. The summed E-state index contributed by atoms with van der Waals surface area (Å²) in [5, 5.41) is 4.10. The Balaban J connectivity index is 1.80. The van der Waals surface area contributed by atoms with E-state index in [0.717, 1.165) is 24.6 Å². The maximum Gasteiger partial charge on any atom is 0.230 e. The van der Waals surface area contributed by atoms with Crippen molar-refractivity contribution in [1.82, 2.24) is 10.1 Å². The summed E-state index contributed by atoms with van der Waals surface area (Å²) in [7, 11) is 0. The number of nitrogens with two attached hydrogens (primary N) is 1. The Labute approximate surface area is 95.6 Å². The third-order valence-corrected chi connectivity index (χ3v) is 4.06. The van der Waals surface area contributed by atoms with Crippen LogP contribution in [0, 0.1) is 5.92 Å². The molecule has 3 rings (SSSR count). The summed E-state index contributed by atoms with van der Waals surface area (Å²) < 4.78 is 5.34. The molecule has 0 spiro atoms. The highest BCUT2D eigenvalue weighted by atomic mass is 16.5. The second-order valence-corrected chi connectivity index (χ2v) is 5.49. The van der Waals surface area contributed by atoms with Crippen LogP contribution in [0.2, 0.25) is 0 Å². The first-order valence-electron chi connectivity index (χ1n) is 6.32. The van der Waals surface area contributed by atoms with Crippen LogP contribution in [-0.4, -0.2) is 10.1 Å². The lowest BCUT2D eigenvalue weighted by molar-refractivity contribution is 0.273. The predicted molar refractivity (Wildman–Crippen MR) is 59.8 cm³/mol. The summed E-state index contributed by atoms with van der Waals surface area (Å²) in [4.78, 5) is 4.52. The van der Waals surface area contributed by atoms with E-state index in [0.29, 0.717) is 11.8 Å². The van der Waals surface area contributed by atoms with Crippen LogP contribution in [0.4, 0.5) is 0 Å². The van der Waals surface area contributed by atoms with Crippen LogP contribution in [0.3, 0.4) is 0 Å². The minimum absolute atomic E-state index is 0.321. The van der Waals surface area contributed by atoms with Crippen molar-refractivity contribution in [1.29, 1.82) is 0 Å². The maximum absolute atomic E-state index is 6.36. The fourth-order valence-corrected chi connectivity index (χ4v) is 2.66. The van der Waals surface area contributed by atoms with E-state index < -0.39 is 0 Å². The van der Waals surface area contributed by atoms with Gasteiger partial charge in [-0.1, -0.05) is 31.3 Å². The number of hydrogen-bond donors (Lipinski definition) is 1. The first-order chi connectivity index (χ1) is 7.69. The molecule has 4 heteroatoms. The molecule has 2 fully saturated rings. The predicted octanol–water partition coefficient (Wildman–Crippen LogP) is 2.31. The summed E-state index contributed by atoms with van der Waals surface area (Å²) in [6.45, 7) is 2.22. The van der Waals surface area contributed by atoms with Crippen LogP contribution in [-0.2, 0) is 5.54 Å². The fraction of sp³-hybridized carbons (Fsp3) is 0.833. The van der Waals surface area contributed by atoms with Crippen molar-refractivity contribution in [3.8, 4) is 0 Å². The molecule has 4 nitrogen and oxygen atoms in total. The molecule has 0 radical (unpaired) electrons. The van der Waals surface area contributed by atoms with Gasteiger partial charge in [-0.2, -0.15) is 4.98 Å². The lowest BCUT2D eigenvalue weighted by atomic mass is 9.82. The largest absolute Gasteiger partial charge is 0.339 e. The average Bonchev–Trinajstić information content (AvgIpc) is 2.82. The maximum atomic E-state index is 6.36. The molecule has 1 aromatic heterocycles. The van der Waals surface area contributed by atoms with Gasteiger partial charge in [0.15, 0.2) is 5.82 Å². The summed E-state index contributed by atoms with van der Waals surface area (Å²) in [5.74, 6) is 2.74. The molecule has 0 saturated heterocycles. The Morgan fingerprint density at radius 3 is 2.62 bits per heavy atom. The van der Waals surface area contributed by atoms with Gasteiger partial charge in [0.05, 0.1) is 5.54 Å². The topological polar surface area (TPSA) is 64.9 Å². The van der Waals surface area contributed by atoms with Crippen LogP contribution in [0.1, 0.15) is 63.1 Å². The van der Waals surface area contributed by atoms with Gasteiger partial charge in [-0.25, -0.2) is 0 Å². The molecule has 2 aliphatic rings. The molecule has 88 valence electrons. The molecule has 16 heavy (non-hydrogen) atoms. The minimum atomic E-state index is -0.321. The van der Waals surface area contributed by atoms with Crippen molar-refractivity contribution in [3.63, 3.8) is 0 Å². The third kappa shape index (κ3) is 1.65. The van der Waals surface area contributed by atoms with Gasteiger partial charge in [0.25, 0.3) is 0 Å². The molecule has 1 heterocycles. The zero-order valence-electron chi connectivity index (χ0n) is 9.78. The SMILES string of the molecule is CC1CC1c1nc(C2(N)CCCCC2)no1. The molecule has 0 bridgehead atoms. The van der Waals surface area contributed by atoms with Crippen LogP contribution in [0.15, 0.2) is 4.52 Å². The monoisotopic (exact) mass is 221 g/mol. The van der Waals surface area contributed by atoms with Gasteiger partial charge >= 0.3 is 0 Å². The highest BCUT2D eigenvalue weighted by Crippen LogP contribution is 2.46. The second-order valence-electron chi connectivity index (χ2n) is 5.49. The van der Waals surface area contributed by atoms with E-state index in [9.17, 15) is 0 Å². The standard InChI is InChI=1S/C12H19N3O/c1-8-7-9(8)10-14-11(15-16-10)12(13)5-3-2-4-6-12/h8-9H,2-7,13H2,1H3. The van der Waals surface area contributed by atoms with E-state index in [2.05, 4.69) is 17.1 Å². The molecule has 0 aliphatic heterocycles. The van der Waals surface area contributed by atoms with Gasteiger partial charge in [-0.3, -0.25) is 0 Å². The molecule has 2 unspecified atom stereocenters. The lowest BCUT2D eigenvalue weighted by Gasteiger charge is -2.29. The van der Waals surface area contributed by atoms with Crippen molar-refractivity contribution >= 4 is 0 Å². The molecule has 0 aromatic carbocycles. The van der Waals surface area contributed by atoms with Gasteiger partial charge in [0.1, 0.15) is 0 Å². The number of rotatable bonds is 2. The van der Waals surface area contributed by atoms with E-state index in [1.807, 2.05) is 0 Å². The van der Waals surface area contributed by atoms with E-state index in [1.165, 1.54) is 25.7 Å². The van der Waals surface area contributed by atoms with Gasteiger partial charge in [-0.15, -0.1) is 0 Å². The van der Waals surface area contributed by atoms with E-state index in [1.54, 1.807) is 0 Å². The van der Waals surface area contributed by atoms with Crippen molar-refractivity contribution in [3.05, 3.63) is 11.7 Å². The molecule has 2 aliphatic carbocycles.